The number of aromatic nitrogens is 2. The fourth-order valence-corrected chi connectivity index (χ4v) is 3.28. The van der Waals surface area contributed by atoms with E-state index in [2.05, 4.69) is 47.7 Å². The average molecular weight is 310 g/mol. The number of amides is 1. The minimum atomic E-state index is -0.171. The van der Waals surface area contributed by atoms with Gasteiger partial charge in [-0.25, -0.2) is 0 Å². The molecule has 0 unspecified atom stereocenters. The molecule has 7 heteroatoms. The van der Waals surface area contributed by atoms with Crippen LogP contribution in [0.4, 0.5) is 5.13 Å². The van der Waals surface area contributed by atoms with Gasteiger partial charge in [-0.2, -0.15) is 0 Å². The molecule has 5 nitrogen and oxygen atoms in total. The van der Waals surface area contributed by atoms with Gasteiger partial charge in [-0.05, 0) is 31.9 Å². The molecule has 0 fully saturated rings. The number of hydrogen-bond acceptors (Lipinski definition) is 6. The summed E-state index contributed by atoms with van der Waals surface area (Å²) < 4.78 is 0. The number of nitrogens with one attached hydrogen (secondary N) is 2. The van der Waals surface area contributed by atoms with Crippen LogP contribution in [-0.2, 0) is 6.54 Å². The number of aryl methyl sites for hydroxylation is 2. The smallest absolute Gasteiger partial charge is 0.282 e. The standard InChI is InChI=1S/C13H18N4OS2/c1-4-5-14-13-17-16-12(20-13)11(18)15-7-10-6-8(2)9(3)19-10/h6H,4-5,7H2,1-3H3,(H,14,17)(H,15,18). The van der Waals surface area contributed by atoms with Gasteiger partial charge in [-0.3, -0.25) is 4.79 Å². The molecule has 1 amide bonds. The molecule has 0 saturated carbocycles. The molecule has 2 N–H and O–H groups in total. The van der Waals surface area contributed by atoms with Gasteiger partial charge >= 0.3 is 0 Å². The first-order valence-corrected chi connectivity index (χ1v) is 8.15. The van der Waals surface area contributed by atoms with Crippen LogP contribution in [0.5, 0.6) is 0 Å². The Morgan fingerprint density at radius 2 is 2.10 bits per heavy atom. The van der Waals surface area contributed by atoms with Gasteiger partial charge in [0.25, 0.3) is 5.91 Å². The highest BCUT2D eigenvalue weighted by Crippen LogP contribution is 2.20. The predicted octanol–water partition coefficient (Wildman–Crippen LogP) is 2.97. The number of carbonyl (C=O) groups is 1. The van der Waals surface area contributed by atoms with Crippen LogP contribution >= 0.6 is 22.7 Å². The van der Waals surface area contributed by atoms with E-state index >= 15 is 0 Å². The minimum absolute atomic E-state index is 0.171. The molecule has 2 heterocycles. The third-order valence-corrected chi connectivity index (χ3v) is 4.82. The highest BCUT2D eigenvalue weighted by Gasteiger charge is 2.12. The fourth-order valence-electron chi connectivity index (χ4n) is 1.60. The van der Waals surface area contributed by atoms with Gasteiger partial charge in [0.2, 0.25) is 10.1 Å². The molecular weight excluding hydrogens is 292 g/mol. The van der Waals surface area contributed by atoms with Crippen LogP contribution < -0.4 is 10.6 Å². The second-order valence-corrected chi connectivity index (χ2v) is 6.79. The van der Waals surface area contributed by atoms with Crippen molar-refractivity contribution in [1.29, 1.82) is 0 Å². The van der Waals surface area contributed by atoms with Crippen LogP contribution in [0.1, 0.15) is 38.5 Å². The van der Waals surface area contributed by atoms with E-state index in [1.165, 1.54) is 21.8 Å². The summed E-state index contributed by atoms with van der Waals surface area (Å²) in [4.78, 5) is 14.4. The Morgan fingerprint density at radius 3 is 2.75 bits per heavy atom. The van der Waals surface area contributed by atoms with Crippen molar-refractivity contribution in [2.75, 3.05) is 11.9 Å². The van der Waals surface area contributed by atoms with Crippen molar-refractivity contribution in [2.45, 2.75) is 33.7 Å². The van der Waals surface area contributed by atoms with E-state index in [1.807, 2.05) is 0 Å². The van der Waals surface area contributed by atoms with Crippen LogP contribution in [0.2, 0.25) is 0 Å². The molecule has 0 aliphatic rings. The Morgan fingerprint density at radius 1 is 1.30 bits per heavy atom. The molecular formula is C13H18N4OS2. The summed E-state index contributed by atoms with van der Waals surface area (Å²) in [6.07, 6.45) is 1.01. The summed E-state index contributed by atoms with van der Waals surface area (Å²) in [5.41, 5.74) is 1.27. The summed E-state index contributed by atoms with van der Waals surface area (Å²) in [5.74, 6) is -0.171. The van der Waals surface area contributed by atoms with Gasteiger partial charge in [0.1, 0.15) is 0 Å². The van der Waals surface area contributed by atoms with E-state index in [1.54, 1.807) is 11.3 Å². The molecule has 0 aliphatic heterocycles. The predicted molar refractivity (Wildman–Crippen MR) is 83.7 cm³/mol. The molecule has 0 radical (unpaired) electrons. The molecule has 0 saturated heterocycles. The molecule has 0 spiro atoms. The monoisotopic (exact) mass is 310 g/mol. The van der Waals surface area contributed by atoms with Gasteiger partial charge in [0, 0.05) is 16.3 Å². The summed E-state index contributed by atoms with van der Waals surface area (Å²) in [6.45, 7) is 7.61. The van der Waals surface area contributed by atoms with Gasteiger partial charge in [0.15, 0.2) is 0 Å². The van der Waals surface area contributed by atoms with Crippen molar-refractivity contribution < 1.29 is 4.79 Å². The lowest BCUT2D eigenvalue weighted by molar-refractivity contribution is 0.0950. The summed E-state index contributed by atoms with van der Waals surface area (Å²) in [6, 6.07) is 2.11. The first-order chi connectivity index (χ1) is 9.60. The molecule has 2 aromatic heterocycles. The molecule has 20 heavy (non-hydrogen) atoms. The molecule has 0 aromatic carbocycles. The van der Waals surface area contributed by atoms with Crippen LogP contribution in [0.3, 0.4) is 0 Å². The van der Waals surface area contributed by atoms with Gasteiger partial charge in [-0.1, -0.05) is 18.3 Å². The lowest BCUT2D eigenvalue weighted by Gasteiger charge is -1.99. The molecule has 0 bridgehead atoms. The Bertz CT molecular complexity index is 571. The van der Waals surface area contributed by atoms with Gasteiger partial charge < -0.3 is 10.6 Å². The molecule has 2 rings (SSSR count). The van der Waals surface area contributed by atoms with E-state index in [-0.39, 0.29) is 5.91 Å². The Labute approximate surface area is 126 Å². The van der Waals surface area contributed by atoms with Crippen LogP contribution in [0, 0.1) is 13.8 Å². The zero-order valence-corrected chi connectivity index (χ0v) is 13.5. The maximum Gasteiger partial charge on any atom is 0.282 e. The lowest BCUT2D eigenvalue weighted by Crippen LogP contribution is -2.22. The number of hydrogen-bond donors (Lipinski definition) is 2. The molecule has 2 aromatic rings. The summed E-state index contributed by atoms with van der Waals surface area (Å²) >= 11 is 2.99. The van der Waals surface area contributed by atoms with Crippen molar-refractivity contribution >= 4 is 33.7 Å². The highest BCUT2D eigenvalue weighted by molar-refractivity contribution is 7.17. The van der Waals surface area contributed by atoms with E-state index in [0.717, 1.165) is 17.8 Å². The Balaban J connectivity index is 1.89. The Hall–Kier alpha value is -1.47. The lowest BCUT2D eigenvalue weighted by atomic mass is 10.3. The van der Waals surface area contributed by atoms with E-state index in [4.69, 9.17) is 0 Å². The number of anilines is 1. The molecule has 0 atom stereocenters. The summed E-state index contributed by atoms with van der Waals surface area (Å²) in [7, 11) is 0. The topological polar surface area (TPSA) is 66.9 Å². The molecule has 108 valence electrons. The minimum Gasteiger partial charge on any atom is -0.360 e. The number of thiophene rings is 1. The van der Waals surface area contributed by atoms with Crippen LogP contribution in [0.15, 0.2) is 6.07 Å². The Kier molecular flexibility index (Phi) is 5.08. The average Bonchev–Trinajstić information content (AvgIpc) is 3.01. The fraction of sp³-hybridized carbons (Fsp3) is 0.462. The SMILES string of the molecule is CCCNc1nnc(C(=O)NCc2cc(C)c(C)s2)s1. The number of rotatable bonds is 6. The maximum atomic E-state index is 12.0. The van der Waals surface area contributed by atoms with Gasteiger partial charge in [0.05, 0.1) is 6.54 Å². The van der Waals surface area contributed by atoms with Crippen LogP contribution in [0.25, 0.3) is 0 Å². The van der Waals surface area contributed by atoms with Crippen molar-refractivity contribution in [1.82, 2.24) is 15.5 Å². The second-order valence-electron chi connectivity index (χ2n) is 4.47. The highest BCUT2D eigenvalue weighted by atomic mass is 32.1. The zero-order chi connectivity index (χ0) is 14.5. The summed E-state index contributed by atoms with van der Waals surface area (Å²) in [5, 5.41) is 14.9. The van der Waals surface area contributed by atoms with Crippen molar-refractivity contribution in [3.05, 3.63) is 26.4 Å². The first kappa shape index (κ1) is 14.9. The normalized spacial score (nSPS) is 10.6. The quantitative estimate of drug-likeness (QED) is 0.861. The van der Waals surface area contributed by atoms with Crippen molar-refractivity contribution in [3.8, 4) is 0 Å². The third kappa shape index (κ3) is 3.77. The maximum absolute atomic E-state index is 12.0. The van der Waals surface area contributed by atoms with Crippen molar-refractivity contribution in [3.63, 3.8) is 0 Å². The third-order valence-electron chi connectivity index (χ3n) is 2.79. The second kappa shape index (κ2) is 6.81. The van der Waals surface area contributed by atoms with Crippen LogP contribution in [-0.4, -0.2) is 22.6 Å². The van der Waals surface area contributed by atoms with Crippen molar-refractivity contribution in [2.24, 2.45) is 0 Å². The first-order valence-electron chi connectivity index (χ1n) is 6.51. The number of carbonyl (C=O) groups excluding carboxylic acids is 1. The zero-order valence-electron chi connectivity index (χ0n) is 11.8. The van der Waals surface area contributed by atoms with E-state index in [9.17, 15) is 4.79 Å². The van der Waals surface area contributed by atoms with E-state index in [0.29, 0.717) is 16.7 Å². The largest absolute Gasteiger partial charge is 0.360 e. The van der Waals surface area contributed by atoms with E-state index < -0.39 is 0 Å². The number of nitrogens with zero attached hydrogens (tertiary/aromatic N) is 2. The molecule has 0 aliphatic carbocycles. The van der Waals surface area contributed by atoms with Gasteiger partial charge in [-0.15, -0.1) is 21.5 Å².